The highest BCUT2D eigenvalue weighted by Crippen LogP contribution is 2.32. The van der Waals surface area contributed by atoms with E-state index in [1.54, 1.807) is 12.1 Å². The van der Waals surface area contributed by atoms with Gasteiger partial charge in [-0.05, 0) is 48.7 Å². The van der Waals surface area contributed by atoms with Gasteiger partial charge in [0.25, 0.3) is 5.69 Å². The lowest BCUT2D eigenvalue weighted by atomic mass is 9.92. The molecule has 6 nitrogen and oxygen atoms in total. The van der Waals surface area contributed by atoms with Gasteiger partial charge in [-0.15, -0.1) is 0 Å². The van der Waals surface area contributed by atoms with Crippen molar-refractivity contribution >= 4 is 11.4 Å². The average molecular weight is 323 g/mol. The predicted molar refractivity (Wildman–Crippen MR) is 90.7 cm³/mol. The first kappa shape index (κ1) is 14.7. The average Bonchev–Trinajstić information content (AvgIpc) is 2.96. The van der Waals surface area contributed by atoms with Crippen molar-refractivity contribution < 1.29 is 9.66 Å². The Bertz CT molecular complexity index is 843. The summed E-state index contributed by atoms with van der Waals surface area (Å²) < 4.78 is 5.69. The fourth-order valence-electron chi connectivity index (χ4n) is 3.23. The number of benzene rings is 2. The van der Waals surface area contributed by atoms with Gasteiger partial charge in [0.15, 0.2) is 0 Å². The molecule has 0 bridgehead atoms. The van der Waals surface area contributed by atoms with Crippen LogP contribution in [0.4, 0.5) is 5.69 Å². The van der Waals surface area contributed by atoms with E-state index in [-0.39, 0.29) is 11.7 Å². The summed E-state index contributed by atoms with van der Waals surface area (Å²) in [7, 11) is 0. The maximum atomic E-state index is 10.9. The topological polar surface area (TPSA) is 76.8 Å². The van der Waals surface area contributed by atoms with Gasteiger partial charge in [-0.3, -0.25) is 10.1 Å². The maximum Gasteiger partial charge on any atom is 0.269 e. The van der Waals surface area contributed by atoms with Crippen LogP contribution in [-0.2, 0) is 12.8 Å². The lowest BCUT2D eigenvalue weighted by Crippen LogP contribution is -2.21. The summed E-state index contributed by atoms with van der Waals surface area (Å²) in [5.74, 6) is 0.964. The van der Waals surface area contributed by atoms with E-state index < -0.39 is 4.92 Å². The number of nitro benzene ring substituents is 1. The van der Waals surface area contributed by atoms with Crippen molar-refractivity contribution in [3.05, 3.63) is 68.8 Å². The second kappa shape index (κ2) is 5.63. The SMILES string of the molecule is CC1Cc2cc3c(cc2C(c2ccc([N+](=O)[O-])cc2)=NN1)CCO3. The lowest BCUT2D eigenvalue weighted by molar-refractivity contribution is -0.384. The van der Waals surface area contributed by atoms with E-state index in [1.165, 1.54) is 23.3 Å². The second-order valence-corrected chi connectivity index (χ2v) is 6.21. The highest BCUT2D eigenvalue weighted by atomic mass is 16.6. The highest BCUT2D eigenvalue weighted by Gasteiger charge is 2.23. The van der Waals surface area contributed by atoms with Gasteiger partial charge < -0.3 is 10.2 Å². The smallest absolute Gasteiger partial charge is 0.269 e. The first-order valence-electron chi connectivity index (χ1n) is 7.99. The van der Waals surface area contributed by atoms with Crippen LogP contribution < -0.4 is 10.2 Å². The van der Waals surface area contributed by atoms with Crippen LogP contribution in [-0.4, -0.2) is 23.3 Å². The number of hydrogen-bond donors (Lipinski definition) is 1. The van der Waals surface area contributed by atoms with Crippen molar-refractivity contribution in [2.75, 3.05) is 6.61 Å². The third-order valence-electron chi connectivity index (χ3n) is 4.44. The molecule has 0 aliphatic carbocycles. The zero-order valence-corrected chi connectivity index (χ0v) is 13.3. The molecule has 24 heavy (non-hydrogen) atoms. The monoisotopic (exact) mass is 323 g/mol. The number of ether oxygens (including phenoxy) is 1. The van der Waals surface area contributed by atoms with E-state index in [0.717, 1.165) is 42.0 Å². The van der Waals surface area contributed by atoms with Crippen LogP contribution in [0.3, 0.4) is 0 Å². The molecule has 0 fully saturated rings. The summed E-state index contributed by atoms with van der Waals surface area (Å²) in [6, 6.07) is 11.0. The fourth-order valence-corrected chi connectivity index (χ4v) is 3.23. The molecule has 1 unspecified atom stereocenters. The molecule has 122 valence electrons. The minimum Gasteiger partial charge on any atom is -0.493 e. The molecule has 0 aromatic heterocycles. The predicted octanol–water partition coefficient (Wildman–Crippen LogP) is 2.82. The Labute approximate surface area is 139 Å². The zero-order valence-electron chi connectivity index (χ0n) is 13.3. The first-order valence-corrected chi connectivity index (χ1v) is 7.99. The molecule has 1 N–H and O–H groups in total. The summed E-state index contributed by atoms with van der Waals surface area (Å²) in [5.41, 5.74) is 8.38. The number of rotatable bonds is 2. The number of nitro groups is 1. The maximum absolute atomic E-state index is 10.9. The van der Waals surface area contributed by atoms with E-state index in [9.17, 15) is 10.1 Å². The molecule has 2 aliphatic rings. The number of nitrogens with one attached hydrogen (secondary N) is 1. The number of fused-ring (bicyclic) bond motifs is 2. The van der Waals surface area contributed by atoms with Crippen LogP contribution in [0.2, 0.25) is 0 Å². The third kappa shape index (κ3) is 2.50. The van der Waals surface area contributed by atoms with Gasteiger partial charge in [0, 0.05) is 35.7 Å². The van der Waals surface area contributed by atoms with Gasteiger partial charge in [-0.1, -0.05) is 0 Å². The summed E-state index contributed by atoms with van der Waals surface area (Å²) in [6.07, 6.45) is 1.76. The van der Waals surface area contributed by atoms with Crippen LogP contribution in [0.1, 0.15) is 29.2 Å². The number of non-ortho nitro benzene ring substituents is 1. The summed E-state index contributed by atoms with van der Waals surface area (Å²) >= 11 is 0. The van der Waals surface area contributed by atoms with Crippen molar-refractivity contribution in [3.63, 3.8) is 0 Å². The van der Waals surface area contributed by atoms with Gasteiger partial charge in [0.2, 0.25) is 0 Å². The van der Waals surface area contributed by atoms with E-state index in [0.29, 0.717) is 0 Å². The molecule has 4 rings (SSSR count). The van der Waals surface area contributed by atoms with Gasteiger partial charge in [-0.25, -0.2) is 0 Å². The summed E-state index contributed by atoms with van der Waals surface area (Å²) in [4.78, 5) is 10.5. The van der Waals surface area contributed by atoms with Crippen molar-refractivity contribution in [1.29, 1.82) is 0 Å². The van der Waals surface area contributed by atoms with Crippen molar-refractivity contribution in [2.45, 2.75) is 25.8 Å². The van der Waals surface area contributed by atoms with Crippen LogP contribution in [0, 0.1) is 10.1 Å². The van der Waals surface area contributed by atoms with E-state index in [4.69, 9.17) is 4.74 Å². The Morgan fingerprint density at radius 1 is 1.25 bits per heavy atom. The molecule has 6 heteroatoms. The van der Waals surface area contributed by atoms with E-state index >= 15 is 0 Å². The van der Waals surface area contributed by atoms with Gasteiger partial charge in [0.05, 0.1) is 17.2 Å². The largest absolute Gasteiger partial charge is 0.493 e. The molecule has 0 amide bonds. The van der Waals surface area contributed by atoms with Crippen molar-refractivity contribution in [3.8, 4) is 5.75 Å². The van der Waals surface area contributed by atoms with Gasteiger partial charge >= 0.3 is 0 Å². The van der Waals surface area contributed by atoms with Crippen LogP contribution >= 0.6 is 0 Å². The molecule has 1 atom stereocenters. The standard InChI is InChI=1S/C18H17N3O3/c1-11-8-14-10-17-13(6-7-24-17)9-16(14)18(20-19-11)12-2-4-15(5-3-12)21(22)23/h2-5,9-11,19H,6-8H2,1H3. The molecule has 2 aliphatic heterocycles. The van der Waals surface area contributed by atoms with Crippen molar-refractivity contribution in [2.24, 2.45) is 5.10 Å². The highest BCUT2D eigenvalue weighted by molar-refractivity contribution is 6.14. The second-order valence-electron chi connectivity index (χ2n) is 6.21. The molecular weight excluding hydrogens is 306 g/mol. The molecular formula is C18H17N3O3. The fraction of sp³-hybridized carbons (Fsp3) is 0.278. The Morgan fingerprint density at radius 2 is 2.04 bits per heavy atom. The normalized spacial score (nSPS) is 18.5. The van der Waals surface area contributed by atoms with Crippen molar-refractivity contribution in [1.82, 2.24) is 5.43 Å². The van der Waals surface area contributed by atoms with Gasteiger partial charge in [0.1, 0.15) is 5.75 Å². The molecule has 2 aromatic rings. The van der Waals surface area contributed by atoms with E-state index in [2.05, 4.69) is 29.6 Å². The Morgan fingerprint density at radius 3 is 2.79 bits per heavy atom. The van der Waals surface area contributed by atoms with Crippen LogP contribution in [0.15, 0.2) is 41.5 Å². The number of hydrogen-bond acceptors (Lipinski definition) is 5. The Hall–Kier alpha value is -2.89. The minimum atomic E-state index is -0.392. The molecule has 0 spiro atoms. The molecule has 2 heterocycles. The Kier molecular flexibility index (Phi) is 3.45. The lowest BCUT2D eigenvalue weighted by Gasteiger charge is -2.12. The molecule has 0 radical (unpaired) electrons. The Balaban J connectivity index is 1.82. The zero-order chi connectivity index (χ0) is 16.7. The first-order chi connectivity index (χ1) is 11.6. The molecule has 0 saturated heterocycles. The van der Waals surface area contributed by atoms with E-state index in [1.807, 2.05) is 0 Å². The number of hydrazone groups is 1. The summed E-state index contributed by atoms with van der Waals surface area (Å²) in [6.45, 7) is 2.80. The van der Waals surface area contributed by atoms with Crippen LogP contribution in [0.25, 0.3) is 0 Å². The molecule has 2 aromatic carbocycles. The number of nitrogens with zero attached hydrogens (tertiary/aromatic N) is 2. The van der Waals surface area contributed by atoms with Crippen LogP contribution in [0.5, 0.6) is 5.75 Å². The third-order valence-corrected chi connectivity index (χ3v) is 4.44. The minimum absolute atomic E-state index is 0.0804. The van der Waals surface area contributed by atoms with Gasteiger partial charge in [-0.2, -0.15) is 5.10 Å². The summed E-state index contributed by atoms with van der Waals surface area (Å²) in [5, 5.41) is 15.4. The molecule has 0 saturated carbocycles. The quantitative estimate of drug-likeness (QED) is 0.681.